The second kappa shape index (κ2) is 7.42. The van der Waals surface area contributed by atoms with Crippen LogP contribution in [-0.4, -0.2) is 56.9 Å². The first-order valence-electron chi connectivity index (χ1n) is 3.11. The van der Waals surface area contributed by atoms with Crippen LogP contribution in [0.4, 0.5) is 0 Å². The Morgan fingerprint density at radius 3 is 1.40 bits per heavy atom. The molecule has 0 aliphatic carbocycles. The number of carboxylic acids is 3. The van der Waals surface area contributed by atoms with Crippen molar-refractivity contribution in [3.05, 3.63) is 0 Å². The van der Waals surface area contributed by atoms with Crippen molar-refractivity contribution in [3.63, 3.8) is 0 Å². The maximum absolute atomic E-state index is 10.1. The molecule has 15 heavy (non-hydrogen) atoms. The summed E-state index contributed by atoms with van der Waals surface area (Å²) in [5, 5.41) is 38.9. The van der Waals surface area contributed by atoms with Crippen molar-refractivity contribution in [1.82, 2.24) is 0 Å². The molecule has 0 aromatic rings. The van der Waals surface area contributed by atoms with Crippen molar-refractivity contribution in [2.24, 2.45) is 0 Å². The van der Waals surface area contributed by atoms with Crippen LogP contribution in [0.3, 0.4) is 0 Å². The number of aliphatic carboxylic acids is 3. The van der Waals surface area contributed by atoms with E-state index < -0.39 is 36.4 Å². The fourth-order valence-electron chi connectivity index (χ4n) is 0.684. The van der Waals surface area contributed by atoms with Gasteiger partial charge in [0.1, 0.15) is 5.60 Å². The van der Waals surface area contributed by atoms with E-state index in [1.54, 1.807) is 0 Å². The first-order chi connectivity index (χ1) is 5.78. The van der Waals surface area contributed by atoms with E-state index in [2.05, 4.69) is 0 Å². The molecule has 0 fully saturated rings. The maximum atomic E-state index is 10.1. The van der Waals surface area contributed by atoms with E-state index in [-0.39, 0.29) is 28.3 Å². The summed E-state index contributed by atoms with van der Waals surface area (Å²) >= 11 is 0. The Balaban J connectivity index is -0.000000720. The second-order valence-electron chi connectivity index (χ2n) is 2.42. The van der Waals surface area contributed by atoms with Crippen molar-refractivity contribution >= 4 is 46.2 Å². The van der Waals surface area contributed by atoms with Gasteiger partial charge in [-0.2, -0.15) is 0 Å². The number of carbonyl (C=O) groups excluding carboxylic acids is 3. The molecule has 0 saturated heterocycles. The zero-order valence-electron chi connectivity index (χ0n) is 7.39. The molecule has 9 heteroatoms. The van der Waals surface area contributed by atoms with Crippen LogP contribution in [0.1, 0.15) is 12.8 Å². The molecular formula is C6H5AlO7Si+4. The molecule has 74 valence electrons. The van der Waals surface area contributed by atoms with E-state index in [0.717, 1.165) is 0 Å². The Hall–Kier alpha value is -0.881. The molecule has 7 nitrogen and oxygen atoms in total. The molecule has 1 N–H and O–H groups in total. The third-order valence-corrected chi connectivity index (χ3v) is 1.25. The molecule has 0 bridgehead atoms. The van der Waals surface area contributed by atoms with Crippen LogP contribution in [0, 0.1) is 0 Å². The minimum absolute atomic E-state index is 0. The summed E-state index contributed by atoms with van der Waals surface area (Å²) < 4.78 is 0. The van der Waals surface area contributed by atoms with Crippen molar-refractivity contribution in [2.75, 3.05) is 0 Å². The van der Waals surface area contributed by atoms with Gasteiger partial charge in [0.25, 0.3) is 0 Å². The van der Waals surface area contributed by atoms with Crippen molar-refractivity contribution in [2.45, 2.75) is 18.4 Å². The third kappa shape index (κ3) is 7.10. The fourth-order valence-corrected chi connectivity index (χ4v) is 0.684. The normalized spacial score (nSPS) is 9.40. The number of rotatable bonds is 5. The van der Waals surface area contributed by atoms with Gasteiger partial charge in [0.05, 0.1) is 5.97 Å². The standard InChI is InChI=1S/C6H8O7.Al.Si/c7-3(8)1-6(13,5(11)12)2-4(9)10;;/h13H,1-2H2,(H,7,8)(H,9,10)(H,11,12);;/q;+3;+4/p-3. The zero-order chi connectivity index (χ0) is 10.6. The van der Waals surface area contributed by atoms with Crippen molar-refractivity contribution in [3.8, 4) is 0 Å². The number of hydrogen-bond acceptors (Lipinski definition) is 7. The van der Waals surface area contributed by atoms with Gasteiger partial charge in [-0.15, -0.1) is 0 Å². The first kappa shape index (κ1) is 19.7. The Kier molecular flexibility index (Phi) is 9.72. The van der Waals surface area contributed by atoms with Gasteiger partial charge in [0, 0.05) is 24.8 Å². The average molecular weight is 244 g/mol. The summed E-state index contributed by atoms with van der Waals surface area (Å²) in [6.07, 6.45) is -2.72. The minimum atomic E-state index is -2.97. The zero-order valence-corrected chi connectivity index (χ0v) is 9.54. The fraction of sp³-hybridized carbons (Fsp3) is 0.500. The van der Waals surface area contributed by atoms with Gasteiger partial charge in [0.2, 0.25) is 0 Å². The largest absolute Gasteiger partial charge is 4.00 e. The third-order valence-electron chi connectivity index (χ3n) is 1.25. The predicted octanol–water partition coefficient (Wildman–Crippen LogP) is -6.01. The summed E-state index contributed by atoms with van der Waals surface area (Å²) in [6.45, 7) is 0. The summed E-state index contributed by atoms with van der Waals surface area (Å²) in [4.78, 5) is 30.0. The topological polar surface area (TPSA) is 141 Å². The molecule has 0 aromatic heterocycles. The maximum Gasteiger partial charge on any atom is 4.00 e. The van der Waals surface area contributed by atoms with Gasteiger partial charge in [-0.1, -0.05) is 0 Å². The van der Waals surface area contributed by atoms with Crippen LogP contribution >= 0.6 is 0 Å². The van der Waals surface area contributed by atoms with Gasteiger partial charge in [-0.25, -0.2) is 0 Å². The molecule has 0 saturated carbocycles. The molecule has 0 amide bonds. The van der Waals surface area contributed by atoms with Crippen LogP contribution in [0.5, 0.6) is 0 Å². The van der Waals surface area contributed by atoms with E-state index >= 15 is 0 Å². The Bertz CT molecular complexity index is 238. The smallest absolute Gasteiger partial charge is 0.550 e. The molecular weight excluding hydrogens is 239 g/mol. The quantitative estimate of drug-likeness (QED) is 0.474. The molecule has 0 aliphatic heterocycles. The second-order valence-corrected chi connectivity index (χ2v) is 2.42. The van der Waals surface area contributed by atoms with Crippen LogP contribution in [-0.2, 0) is 14.4 Å². The molecule has 0 radical (unpaired) electrons. The number of aliphatic hydroxyl groups is 1. The monoisotopic (exact) mass is 244 g/mol. The number of carboxylic acid groups (broad SMARTS) is 3. The van der Waals surface area contributed by atoms with E-state index in [1.165, 1.54) is 0 Å². The minimum Gasteiger partial charge on any atom is -0.550 e. The number of carbonyl (C=O) groups is 3. The molecule has 0 aromatic carbocycles. The molecule has 0 aliphatic rings. The van der Waals surface area contributed by atoms with E-state index in [9.17, 15) is 29.7 Å². The molecule has 0 unspecified atom stereocenters. The molecule has 0 spiro atoms. The average Bonchev–Trinajstić information content (AvgIpc) is 1.82. The van der Waals surface area contributed by atoms with E-state index in [4.69, 9.17) is 5.11 Å². The summed E-state index contributed by atoms with van der Waals surface area (Å²) in [7, 11) is 0. The van der Waals surface area contributed by atoms with Gasteiger partial charge in [-0.3, -0.25) is 0 Å². The van der Waals surface area contributed by atoms with Gasteiger partial charge >= 0.3 is 28.3 Å². The SMILES string of the molecule is O=C([O-])CC(O)(CC(=O)[O-])C(=O)[O-].[Al+3].[Si+4]. The van der Waals surface area contributed by atoms with Crippen molar-refractivity contribution < 1.29 is 34.8 Å². The van der Waals surface area contributed by atoms with Crippen LogP contribution in [0.2, 0.25) is 0 Å². The van der Waals surface area contributed by atoms with Crippen LogP contribution < -0.4 is 15.3 Å². The van der Waals surface area contributed by atoms with Crippen LogP contribution in [0.15, 0.2) is 0 Å². The van der Waals surface area contributed by atoms with Gasteiger partial charge < -0.3 is 34.8 Å². The van der Waals surface area contributed by atoms with Crippen LogP contribution in [0.25, 0.3) is 0 Å². The van der Waals surface area contributed by atoms with Gasteiger partial charge in [-0.05, 0) is 0 Å². The van der Waals surface area contributed by atoms with Gasteiger partial charge in [0.15, 0.2) is 0 Å². The Morgan fingerprint density at radius 1 is 1.00 bits per heavy atom. The summed E-state index contributed by atoms with van der Waals surface area (Å²) in [5.74, 6) is -5.98. The molecule has 0 heterocycles. The molecule has 0 rings (SSSR count). The summed E-state index contributed by atoms with van der Waals surface area (Å²) in [5.41, 5.74) is -2.97. The first-order valence-corrected chi connectivity index (χ1v) is 3.11. The van der Waals surface area contributed by atoms with E-state index in [1.807, 2.05) is 0 Å². The predicted molar refractivity (Wildman–Crippen MR) is 40.7 cm³/mol. The van der Waals surface area contributed by atoms with Crippen molar-refractivity contribution in [1.29, 1.82) is 0 Å². The summed E-state index contributed by atoms with van der Waals surface area (Å²) in [6, 6.07) is 0. The number of hydrogen-bond donors (Lipinski definition) is 1. The Labute approximate surface area is 99.9 Å². The molecule has 0 atom stereocenters. The van der Waals surface area contributed by atoms with E-state index in [0.29, 0.717) is 0 Å². The Morgan fingerprint density at radius 2 is 1.27 bits per heavy atom.